The summed E-state index contributed by atoms with van der Waals surface area (Å²) in [7, 11) is 0. The van der Waals surface area contributed by atoms with Crippen molar-refractivity contribution >= 4 is 5.57 Å². The van der Waals surface area contributed by atoms with Crippen LogP contribution in [0.4, 0.5) is 0 Å². The molecule has 0 spiro atoms. The third-order valence-corrected chi connectivity index (χ3v) is 5.23. The van der Waals surface area contributed by atoms with E-state index in [0.29, 0.717) is 17.5 Å². The van der Waals surface area contributed by atoms with Crippen molar-refractivity contribution in [3.05, 3.63) is 121 Å². The normalized spacial score (nSPS) is 11.6. The summed E-state index contributed by atoms with van der Waals surface area (Å²) in [5, 5.41) is 0. The molecule has 3 heteroatoms. The Morgan fingerprint density at radius 3 is 1.79 bits per heavy atom. The van der Waals surface area contributed by atoms with Gasteiger partial charge in [-0.3, -0.25) is 0 Å². The molecule has 162 valence electrons. The number of hydrogen-bond donors (Lipinski definition) is 0. The molecule has 4 aromatic rings. The van der Waals surface area contributed by atoms with E-state index >= 15 is 0 Å². The molecule has 1 aromatic heterocycles. The van der Waals surface area contributed by atoms with E-state index in [2.05, 4.69) is 49.1 Å². The van der Waals surface area contributed by atoms with Gasteiger partial charge >= 0.3 is 0 Å². The number of allylic oxidation sites excluding steroid dienone is 5. The molecule has 3 aromatic carbocycles. The highest BCUT2D eigenvalue weighted by atomic mass is 15.0. The molecule has 4 rings (SSSR count). The third kappa shape index (κ3) is 5.58. The van der Waals surface area contributed by atoms with Crippen molar-refractivity contribution in [1.82, 2.24) is 15.0 Å². The number of aromatic nitrogens is 3. The van der Waals surface area contributed by atoms with Crippen LogP contribution >= 0.6 is 0 Å². The Kier molecular flexibility index (Phi) is 7.34. The van der Waals surface area contributed by atoms with E-state index in [4.69, 9.17) is 15.0 Å². The highest BCUT2D eigenvalue weighted by Crippen LogP contribution is 2.27. The minimum atomic E-state index is 0.662. The first kappa shape index (κ1) is 22.1. The number of nitrogens with zero attached hydrogens (tertiary/aromatic N) is 3. The fourth-order valence-corrected chi connectivity index (χ4v) is 3.59. The molecule has 0 aliphatic heterocycles. The van der Waals surface area contributed by atoms with Crippen molar-refractivity contribution in [2.75, 3.05) is 0 Å². The van der Waals surface area contributed by atoms with Crippen LogP contribution in [0.1, 0.15) is 25.3 Å². The summed E-state index contributed by atoms with van der Waals surface area (Å²) in [5.74, 6) is 2.00. The molecule has 0 amide bonds. The van der Waals surface area contributed by atoms with Crippen LogP contribution < -0.4 is 0 Å². The van der Waals surface area contributed by atoms with Crippen LogP contribution in [0.15, 0.2) is 116 Å². The minimum Gasteiger partial charge on any atom is -0.208 e. The first-order valence-corrected chi connectivity index (χ1v) is 11.2. The third-order valence-electron chi connectivity index (χ3n) is 5.23. The Morgan fingerprint density at radius 1 is 0.697 bits per heavy atom. The fraction of sp³-hybridized carbons (Fsp3) is 0.100. The Balaban J connectivity index is 1.82. The average molecular weight is 430 g/mol. The first-order chi connectivity index (χ1) is 16.3. The summed E-state index contributed by atoms with van der Waals surface area (Å²) in [5.41, 5.74) is 5.21. The molecule has 0 saturated heterocycles. The summed E-state index contributed by atoms with van der Waals surface area (Å²) in [6, 6.07) is 28.5. The van der Waals surface area contributed by atoms with Crippen molar-refractivity contribution in [3.8, 4) is 34.2 Å². The van der Waals surface area contributed by atoms with Crippen LogP contribution in [0.25, 0.3) is 39.7 Å². The van der Waals surface area contributed by atoms with Gasteiger partial charge in [-0.2, -0.15) is 0 Å². The van der Waals surface area contributed by atoms with E-state index < -0.39 is 0 Å². The number of rotatable bonds is 8. The molecule has 0 aliphatic rings. The monoisotopic (exact) mass is 429 g/mol. The molecule has 0 bridgehead atoms. The summed E-state index contributed by atoms with van der Waals surface area (Å²) in [4.78, 5) is 14.5. The molecule has 0 saturated carbocycles. The molecular formula is C30H27N3. The van der Waals surface area contributed by atoms with E-state index in [1.165, 1.54) is 5.57 Å². The highest BCUT2D eigenvalue weighted by Gasteiger charge is 2.12. The summed E-state index contributed by atoms with van der Waals surface area (Å²) in [6.07, 6.45) is 10.3. The van der Waals surface area contributed by atoms with Crippen LogP contribution in [0.5, 0.6) is 0 Å². The quantitative estimate of drug-likeness (QED) is 0.163. The number of hydrogen-bond acceptors (Lipinski definition) is 3. The maximum absolute atomic E-state index is 4.85. The van der Waals surface area contributed by atoms with Crippen molar-refractivity contribution in [1.29, 1.82) is 0 Å². The Labute approximate surface area is 195 Å². The molecule has 0 aliphatic carbocycles. The fourth-order valence-electron chi connectivity index (χ4n) is 3.59. The first-order valence-electron chi connectivity index (χ1n) is 11.2. The van der Waals surface area contributed by atoms with E-state index in [-0.39, 0.29) is 0 Å². The van der Waals surface area contributed by atoms with Crippen LogP contribution in [-0.2, 0) is 0 Å². The molecule has 0 atom stereocenters. The lowest BCUT2D eigenvalue weighted by Gasteiger charge is -2.10. The smallest absolute Gasteiger partial charge is 0.164 e. The van der Waals surface area contributed by atoms with E-state index in [0.717, 1.165) is 35.1 Å². The molecule has 1 heterocycles. The molecule has 0 fully saturated rings. The maximum Gasteiger partial charge on any atom is 0.164 e. The standard InChI is InChI=1S/C30H27N3/c1-3-5-8-15-23(14-4-2)26-20-13-21-27(22-26)30-32-28(24-16-9-6-10-17-24)31-29(33-30)25-18-11-7-12-19-25/h3-4,6-7,9-22H,1,5,8H2,2H3/b14-4-,23-15+. The molecule has 0 N–H and O–H groups in total. The van der Waals surface area contributed by atoms with Gasteiger partial charge in [0.25, 0.3) is 0 Å². The topological polar surface area (TPSA) is 38.7 Å². The summed E-state index contributed by atoms with van der Waals surface area (Å²) < 4.78 is 0. The summed E-state index contributed by atoms with van der Waals surface area (Å²) >= 11 is 0. The van der Waals surface area contributed by atoms with Crippen molar-refractivity contribution < 1.29 is 0 Å². The second-order valence-electron chi connectivity index (χ2n) is 7.64. The average Bonchev–Trinajstić information content (AvgIpc) is 2.89. The van der Waals surface area contributed by atoms with Crippen LogP contribution in [0.3, 0.4) is 0 Å². The predicted octanol–water partition coefficient (Wildman–Crippen LogP) is 7.80. The van der Waals surface area contributed by atoms with Crippen LogP contribution in [-0.4, -0.2) is 15.0 Å². The minimum absolute atomic E-state index is 0.662. The Morgan fingerprint density at radius 2 is 1.24 bits per heavy atom. The van der Waals surface area contributed by atoms with Crippen LogP contribution in [0, 0.1) is 0 Å². The van der Waals surface area contributed by atoms with Gasteiger partial charge in [0.15, 0.2) is 17.5 Å². The van der Waals surface area contributed by atoms with Crippen molar-refractivity contribution in [2.24, 2.45) is 0 Å². The van der Waals surface area contributed by atoms with Gasteiger partial charge in [0, 0.05) is 16.7 Å². The summed E-state index contributed by atoms with van der Waals surface area (Å²) in [6.45, 7) is 5.86. The van der Waals surface area contributed by atoms with Gasteiger partial charge in [0.1, 0.15) is 0 Å². The lowest BCUT2D eigenvalue weighted by atomic mass is 10.0. The van der Waals surface area contributed by atoms with Gasteiger partial charge in [-0.1, -0.05) is 103 Å². The molecule has 3 nitrogen and oxygen atoms in total. The predicted molar refractivity (Wildman–Crippen MR) is 138 cm³/mol. The zero-order valence-corrected chi connectivity index (χ0v) is 18.9. The second kappa shape index (κ2) is 11.0. The lowest BCUT2D eigenvalue weighted by molar-refractivity contribution is 1.06. The number of unbranched alkanes of at least 4 members (excludes halogenated alkanes) is 1. The van der Waals surface area contributed by atoms with Gasteiger partial charge in [-0.05, 0) is 37.0 Å². The molecular weight excluding hydrogens is 402 g/mol. The zero-order chi connectivity index (χ0) is 22.9. The Hall–Kier alpha value is -4.11. The van der Waals surface area contributed by atoms with E-state index in [1.54, 1.807) is 0 Å². The van der Waals surface area contributed by atoms with Crippen molar-refractivity contribution in [3.63, 3.8) is 0 Å². The molecule has 0 unspecified atom stereocenters. The van der Waals surface area contributed by atoms with Crippen LogP contribution in [0.2, 0.25) is 0 Å². The van der Waals surface area contributed by atoms with Gasteiger partial charge in [0.05, 0.1) is 0 Å². The van der Waals surface area contributed by atoms with Gasteiger partial charge in [-0.25, -0.2) is 15.0 Å². The Bertz CT molecular complexity index is 1210. The van der Waals surface area contributed by atoms with Gasteiger partial charge in [0.2, 0.25) is 0 Å². The lowest BCUT2D eigenvalue weighted by Crippen LogP contribution is -2.00. The van der Waals surface area contributed by atoms with E-state index in [1.807, 2.05) is 73.7 Å². The second-order valence-corrected chi connectivity index (χ2v) is 7.64. The zero-order valence-electron chi connectivity index (χ0n) is 18.9. The van der Waals surface area contributed by atoms with Crippen molar-refractivity contribution in [2.45, 2.75) is 19.8 Å². The largest absolute Gasteiger partial charge is 0.208 e. The highest BCUT2D eigenvalue weighted by molar-refractivity contribution is 5.77. The number of benzene rings is 3. The molecule has 0 radical (unpaired) electrons. The molecule has 33 heavy (non-hydrogen) atoms. The van der Waals surface area contributed by atoms with Gasteiger partial charge in [-0.15, -0.1) is 6.58 Å². The SMILES string of the molecule is C=CCC/C=C(\C=C/C)c1cccc(-c2nc(-c3ccccc3)nc(-c3ccccc3)n2)c1. The van der Waals surface area contributed by atoms with Gasteiger partial charge < -0.3 is 0 Å². The maximum atomic E-state index is 4.85. The van der Waals surface area contributed by atoms with E-state index in [9.17, 15) is 0 Å².